The van der Waals surface area contributed by atoms with Crippen LogP contribution in [-0.2, 0) is 0 Å². The average molecular weight is 573 g/mol. The van der Waals surface area contributed by atoms with Crippen LogP contribution >= 0.6 is 0 Å². The molecule has 43 heavy (non-hydrogen) atoms. The minimum atomic E-state index is 0.740. The highest BCUT2D eigenvalue weighted by Gasteiger charge is 2.18. The SMILES string of the molecule is COc1ccc(/C=C/C2=NC(=C(\c3ccc(/C=C/c4ccc(OC)cc4OC)[nH]3)c3c(C)cccc3C)/C=C2)c(OC)c1. The zero-order chi connectivity index (χ0) is 30.3. The smallest absolute Gasteiger partial charge is 0.129 e. The summed E-state index contributed by atoms with van der Waals surface area (Å²) in [5.41, 5.74) is 10.2. The molecule has 4 aromatic rings. The maximum Gasteiger partial charge on any atom is 0.129 e. The van der Waals surface area contributed by atoms with Crippen LogP contribution < -0.4 is 18.9 Å². The fourth-order valence-electron chi connectivity index (χ4n) is 5.14. The highest BCUT2D eigenvalue weighted by atomic mass is 16.5. The van der Waals surface area contributed by atoms with E-state index >= 15 is 0 Å². The molecule has 0 saturated heterocycles. The van der Waals surface area contributed by atoms with Crippen molar-refractivity contribution >= 4 is 29.5 Å². The van der Waals surface area contributed by atoms with E-state index in [9.17, 15) is 0 Å². The Kier molecular flexibility index (Phi) is 8.96. The molecule has 0 amide bonds. The topological polar surface area (TPSA) is 65.1 Å². The van der Waals surface area contributed by atoms with Crippen molar-refractivity contribution < 1.29 is 18.9 Å². The van der Waals surface area contributed by atoms with Gasteiger partial charge in [0.25, 0.3) is 0 Å². The van der Waals surface area contributed by atoms with E-state index < -0.39 is 0 Å². The van der Waals surface area contributed by atoms with Crippen molar-refractivity contribution in [3.63, 3.8) is 0 Å². The predicted octanol–water partition coefficient (Wildman–Crippen LogP) is 8.32. The van der Waals surface area contributed by atoms with Gasteiger partial charge in [-0.1, -0.05) is 18.2 Å². The maximum absolute atomic E-state index is 5.56. The summed E-state index contributed by atoms with van der Waals surface area (Å²) in [5, 5.41) is 0. The molecule has 0 aliphatic carbocycles. The molecule has 0 fully saturated rings. The number of allylic oxidation sites excluding steroid dienone is 3. The van der Waals surface area contributed by atoms with Gasteiger partial charge >= 0.3 is 0 Å². The molecule has 1 aliphatic heterocycles. The van der Waals surface area contributed by atoms with Gasteiger partial charge in [-0.2, -0.15) is 0 Å². The second kappa shape index (κ2) is 13.2. The number of H-pyrrole nitrogens is 1. The van der Waals surface area contributed by atoms with Gasteiger partial charge in [-0.05, 0) is 103 Å². The van der Waals surface area contributed by atoms with Gasteiger partial charge in [-0.15, -0.1) is 0 Å². The summed E-state index contributed by atoms with van der Waals surface area (Å²) in [6, 6.07) is 22.1. The largest absolute Gasteiger partial charge is 0.497 e. The summed E-state index contributed by atoms with van der Waals surface area (Å²) in [7, 11) is 6.61. The zero-order valence-corrected chi connectivity index (χ0v) is 25.4. The lowest BCUT2D eigenvalue weighted by Gasteiger charge is -2.14. The number of hydrogen-bond acceptors (Lipinski definition) is 5. The fourth-order valence-corrected chi connectivity index (χ4v) is 5.14. The number of methoxy groups -OCH3 is 4. The van der Waals surface area contributed by atoms with Crippen LogP contribution in [0, 0.1) is 13.8 Å². The van der Waals surface area contributed by atoms with E-state index in [0.717, 1.165) is 62.5 Å². The first-order valence-electron chi connectivity index (χ1n) is 14.0. The lowest BCUT2D eigenvalue weighted by atomic mass is 9.92. The molecule has 0 spiro atoms. The molecule has 6 nitrogen and oxygen atoms in total. The van der Waals surface area contributed by atoms with Crippen LogP contribution in [0.3, 0.4) is 0 Å². The number of aliphatic imine (C=N–C) groups is 1. The van der Waals surface area contributed by atoms with Gasteiger partial charge in [0.2, 0.25) is 0 Å². The van der Waals surface area contributed by atoms with Gasteiger partial charge in [0.15, 0.2) is 0 Å². The lowest BCUT2D eigenvalue weighted by molar-refractivity contribution is 0.393. The third-order valence-electron chi connectivity index (χ3n) is 7.38. The number of hydrogen-bond donors (Lipinski definition) is 1. The van der Waals surface area contributed by atoms with E-state index in [-0.39, 0.29) is 0 Å². The summed E-state index contributed by atoms with van der Waals surface area (Å²) in [6.07, 6.45) is 12.2. The Bertz CT molecular complexity index is 1770. The van der Waals surface area contributed by atoms with Gasteiger partial charge < -0.3 is 23.9 Å². The van der Waals surface area contributed by atoms with E-state index in [1.54, 1.807) is 28.4 Å². The van der Waals surface area contributed by atoms with Crippen LogP contribution in [0.2, 0.25) is 0 Å². The molecule has 3 aromatic carbocycles. The molecule has 1 N–H and O–H groups in total. The summed E-state index contributed by atoms with van der Waals surface area (Å²) in [6.45, 7) is 4.28. The van der Waals surface area contributed by atoms with Crippen molar-refractivity contribution in [3.05, 3.63) is 130 Å². The van der Waals surface area contributed by atoms with E-state index in [1.807, 2.05) is 66.8 Å². The van der Waals surface area contributed by atoms with Crippen LogP contribution in [0.15, 0.2) is 95.6 Å². The quantitative estimate of drug-likeness (QED) is 0.208. The lowest BCUT2D eigenvalue weighted by Crippen LogP contribution is -1.98. The van der Waals surface area contributed by atoms with Crippen LogP contribution in [0.1, 0.15) is 39.2 Å². The molecule has 1 aromatic heterocycles. The number of aromatic amines is 1. The Morgan fingerprint density at radius 3 is 1.84 bits per heavy atom. The van der Waals surface area contributed by atoms with E-state index in [0.29, 0.717) is 0 Å². The van der Waals surface area contributed by atoms with Crippen LogP contribution in [-0.4, -0.2) is 39.1 Å². The molecule has 2 heterocycles. The molecular weight excluding hydrogens is 536 g/mol. The summed E-state index contributed by atoms with van der Waals surface area (Å²) in [5.74, 6) is 2.99. The monoisotopic (exact) mass is 572 g/mol. The van der Waals surface area contributed by atoms with Crippen molar-refractivity contribution in [1.82, 2.24) is 4.98 Å². The van der Waals surface area contributed by atoms with Gasteiger partial charge in [-0.25, -0.2) is 4.99 Å². The van der Waals surface area contributed by atoms with Crippen LogP contribution in [0.4, 0.5) is 0 Å². The number of ether oxygens (including phenoxy) is 4. The van der Waals surface area contributed by atoms with Crippen LogP contribution in [0.25, 0.3) is 23.8 Å². The number of benzene rings is 3. The first kappa shape index (κ1) is 29.3. The number of nitrogens with zero attached hydrogens (tertiary/aromatic N) is 1. The van der Waals surface area contributed by atoms with Gasteiger partial charge in [0.05, 0.1) is 39.8 Å². The minimum Gasteiger partial charge on any atom is -0.497 e. The average Bonchev–Trinajstić information content (AvgIpc) is 3.70. The minimum absolute atomic E-state index is 0.740. The van der Waals surface area contributed by atoms with Crippen molar-refractivity contribution in [2.24, 2.45) is 4.99 Å². The highest BCUT2D eigenvalue weighted by molar-refractivity contribution is 6.10. The first-order valence-corrected chi connectivity index (χ1v) is 14.0. The first-order chi connectivity index (χ1) is 20.9. The van der Waals surface area contributed by atoms with Crippen LogP contribution in [0.5, 0.6) is 23.0 Å². The van der Waals surface area contributed by atoms with Crippen molar-refractivity contribution in [1.29, 1.82) is 0 Å². The van der Waals surface area contributed by atoms with Crippen molar-refractivity contribution in [3.8, 4) is 23.0 Å². The van der Waals surface area contributed by atoms with E-state index in [2.05, 4.69) is 55.2 Å². The van der Waals surface area contributed by atoms with E-state index in [4.69, 9.17) is 23.9 Å². The molecule has 218 valence electrons. The molecular formula is C37H36N2O4. The number of rotatable bonds is 10. The number of aryl methyl sites for hydroxylation is 2. The molecule has 0 atom stereocenters. The Morgan fingerprint density at radius 2 is 1.26 bits per heavy atom. The van der Waals surface area contributed by atoms with Gasteiger partial charge in [0.1, 0.15) is 23.0 Å². The number of nitrogens with one attached hydrogen (secondary N) is 1. The third-order valence-corrected chi connectivity index (χ3v) is 7.38. The molecule has 0 radical (unpaired) electrons. The zero-order valence-electron chi connectivity index (χ0n) is 25.4. The fraction of sp³-hybridized carbons (Fsp3) is 0.162. The summed E-state index contributed by atoms with van der Waals surface area (Å²) < 4.78 is 21.8. The van der Waals surface area contributed by atoms with Crippen molar-refractivity contribution in [2.45, 2.75) is 13.8 Å². The Balaban J connectivity index is 1.51. The third kappa shape index (κ3) is 6.49. The molecule has 0 bridgehead atoms. The second-order valence-electron chi connectivity index (χ2n) is 10.1. The van der Waals surface area contributed by atoms with Crippen molar-refractivity contribution in [2.75, 3.05) is 28.4 Å². The standard InChI is InChI=1S/C37H36N2O4/c1-24-8-7-9-25(2)36(24)37(32-20-16-28(38-32)14-10-26-12-18-30(40-3)22-34(26)42-5)33-21-17-29(39-33)15-11-27-13-19-31(41-4)23-35(27)43-6/h7-23,38H,1-6H3/b14-10+,15-11+,37-33+. The van der Waals surface area contributed by atoms with Gasteiger partial charge in [-0.3, -0.25) is 0 Å². The summed E-state index contributed by atoms with van der Waals surface area (Å²) in [4.78, 5) is 8.65. The second-order valence-corrected chi connectivity index (χ2v) is 10.1. The Morgan fingerprint density at radius 1 is 0.651 bits per heavy atom. The maximum atomic E-state index is 5.56. The van der Waals surface area contributed by atoms with Gasteiger partial charge in [0, 0.05) is 40.2 Å². The molecule has 1 aliphatic rings. The Hall–Kier alpha value is -5.23. The molecule has 0 saturated carbocycles. The molecule has 6 heteroatoms. The number of aromatic nitrogens is 1. The normalized spacial score (nSPS) is 14.0. The van der Waals surface area contributed by atoms with E-state index in [1.165, 1.54) is 16.7 Å². The Labute approximate surface area is 253 Å². The molecule has 5 rings (SSSR count). The summed E-state index contributed by atoms with van der Waals surface area (Å²) >= 11 is 0. The predicted molar refractivity (Wildman–Crippen MR) is 176 cm³/mol. The highest BCUT2D eigenvalue weighted by Crippen LogP contribution is 2.35. The molecule has 0 unspecified atom stereocenters.